The first-order chi connectivity index (χ1) is 13.0. The van der Waals surface area contributed by atoms with Gasteiger partial charge < -0.3 is 19.7 Å². The van der Waals surface area contributed by atoms with Crippen molar-refractivity contribution in [3.8, 4) is 5.75 Å². The van der Waals surface area contributed by atoms with Crippen LogP contribution in [0.4, 0.5) is 5.69 Å². The van der Waals surface area contributed by atoms with E-state index in [1.807, 2.05) is 24.3 Å². The van der Waals surface area contributed by atoms with Crippen LogP contribution in [0.15, 0.2) is 48.5 Å². The monoisotopic (exact) mass is 388 g/mol. The molecule has 1 N–H and O–H groups in total. The molecule has 2 aromatic carbocycles. The Balaban J connectivity index is 1.51. The van der Waals surface area contributed by atoms with E-state index in [0.717, 1.165) is 17.0 Å². The summed E-state index contributed by atoms with van der Waals surface area (Å²) in [6, 6.07) is 14.4. The summed E-state index contributed by atoms with van der Waals surface area (Å²) in [5.74, 6) is 0.540. The van der Waals surface area contributed by atoms with Gasteiger partial charge in [0.15, 0.2) is 0 Å². The lowest BCUT2D eigenvalue weighted by Gasteiger charge is -2.32. The van der Waals surface area contributed by atoms with E-state index in [4.69, 9.17) is 21.1 Å². The van der Waals surface area contributed by atoms with Crippen LogP contribution in [0.2, 0.25) is 5.02 Å². The molecular formula is C20H21ClN2O4. The number of carbonyl (C=O) groups excluding carboxylic acids is 2. The third kappa shape index (κ3) is 5.21. The number of methoxy groups -OCH3 is 1. The molecule has 0 bridgehead atoms. The van der Waals surface area contributed by atoms with Crippen molar-refractivity contribution in [1.29, 1.82) is 0 Å². The summed E-state index contributed by atoms with van der Waals surface area (Å²) in [5, 5.41) is 3.48. The topological polar surface area (TPSA) is 67.9 Å². The summed E-state index contributed by atoms with van der Waals surface area (Å²) < 4.78 is 10.7. The fraction of sp³-hybridized carbons (Fsp3) is 0.300. The number of hydrogen-bond donors (Lipinski definition) is 1. The Hall–Kier alpha value is -2.57. The minimum absolute atomic E-state index is 0.0123. The van der Waals surface area contributed by atoms with E-state index in [9.17, 15) is 9.59 Å². The molecule has 6 nitrogen and oxygen atoms in total. The molecule has 1 unspecified atom stereocenters. The second-order valence-electron chi connectivity index (χ2n) is 6.24. The van der Waals surface area contributed by atoms with E-state index in [2.05, 4.69) is 5.32 Å². The van der Waals surface area contributed by atoms with Gasteiger partial charge in [-0.25, -0.2) is 0 Å². The number of nitrogens with one attached hydrogen (secondary N) is 1. The molecule has 142 valence electrons. The third-order valence-electron chi connectivity index (χ3n) is 4.32. The second kappa shape index (κ2) is 8.88. The summed E-state index contributed by atoms with van der Waals surface area (Å²) >= 11 is 5.90. The predicted octanol–water partition coefficient (Wildman–Crippen LogP) is 2.44. The van der Waals surface area contributed by atoms with Crippen LogP contribution in [0, 0.1) is 0 Å². The highest BCUT2D eigenvalue weighted by atomic mass is 35.5. The van der Waals surface area contributed by atoms with Gasteiger partial charge in [0.25, 0.3) is 5.91 Å². The maximum Gasteiger partial charge on any atom is 0.253 e. The number of halogens is 1. The smallest absolute Gasteiger partial charge is 0.253 e. The first kappa shape index (κ1) is 19.2. The lowest BCUT2D eigenvalue weighted by Crippen LogP contribution is -2.50. The number of anilines is 1. The minimum atomic E-state index is -0.266. The van der Waals surface area contributed by atoms with Crippen molar-refractivity contribution < 1.29 is 19.1 Å². The normalized spacial score (nSPS) is 16.9. The lowest BCUT2D eigenvalue weighted by molar-refractivity contribution is -0.129. The quantitative estimate of drug-likeness (QED) is 0.825. The maximum absolute atomic E-state index is 12.2. The molecule has 1 aliphatic heterocycles. The standard InChI is InChI=1S/C20H21ClN2O4/c1-26-17-8-2-14(3-9-17)10-19(24)22-11-18-12-23(20(25)13-27-18)16-6-4-15(21)5-7-16/h2-9,18H,10-13H2,1H3,(H,22,24). The summed E-state index contributed by atoms with van der Waals surface area (Å²) in [6.45, 7) is 0.706. The van der Waals surface area contributed by atoms with Gasteiger partial charge in [0.2, 0.25) is 5.91 Å². The van der Waals surface area contributed by atoms with E-state index in [1.54, 1.807) is 36.3 Å². The summed E-state index contributed by atoms with van der Waals surface area (Å²) in [7, 11) is 1.60. The van der Waals surface area contributed by atoms with Gasteiger partial charge in [-0.1, -0.05) is 23.7 Å². The van der Waals surface area contributed by atoms with Crippen LogP contribution in [-0.2, 0) is 20.7 Å². The van der Waals surface area contributed by atoms with Gasteiger partial charge >= 0.3 is 0 Å². The summed E-state index contributed by atoms with van der Waals surface area (Å²) in [4.78, 5) is 25.9. The Morgan fingerprint density at radius 1 is 1.22 bits per heavy atom. The van der Waals surface area contributed by atoms with Crippen LogP contribution in [-0.4, -0.2) is 44.7 Å². The Bertz CT molecular complexity index is 793. The molecule has 0 saturated carbocycles. The first-order valence-electron chi connectivity index (χ1n) is 8.62. The van der Waals surface area contributed by atoms with E-state index in [0.29, 0.717) is 18.1 Å². The summed E-state index contributed by atoms with van der Waals surface area (Å²) in [6.07, 6.45) is 0.00879. The minimum Gasteiger partial charge on any atom is -0.497 e. The van der Waals surface area contributed by atoms with Crippen molar-refractivity contribution in [2.24, 2.45) is 0 Å². The van der Waals surface area contributed by atoms with Gasteiger partial charge in [-0.2, -0.15) is 0 Å². The SMILES string of the molecule is COc1ccc(CC(=O)NCC2CN(c3ccc(Cl)cc3)C(=O)CO2)cc1. The lowest BCUT2D eigenvalue weighted by atomic mass is 10.1. The Kier molecular flexibility index (Phi) is 6.32. The van der Waals surface area contributed by atoms with Crippen molar-refractivity contribution >= 4 is 29.1 Å². The number of carbonyl (C=O) groups is 2. The van der Waals surface area contributed by atoms with Crippen molar-refractivity contribution in [3.63, 3.8) is 0 Å². The zero-order chi connectivity index (χ0) is 19.2. The molecule has 1 aliphatic rings. The van der Waals surface area contributed by atoms with Crippen molar-refractivity contribution in [2.75, 3.05) is 31.7 Å². The molecule has 1 heterocycles. The maximum atomic E-state index is 12.2. The molecule has 1 saturated heterocycles. The van der Waals surface area contributed by atoms with E-state index in [-0.39, 0.29) is 30.9 Å². The average Bonchev–Trinajstić information content (AvgIpc) is 2.69. The van der Waals surface area contributed by atoms with Crippen molar-refractivity contribution in [1.82, 2.24) is 5.32 Å². The fourth-order valence-corrected chi connectivity index (χ4v) is 2.96. The largest absolute Gasteiger partial charge is 0.497 e. The molecule has 1 atom stereocenters. The van der Waals surface area contributed by atoms with E-state index >= 15 is 0 Å². The van der Waals surface area contributed by atoms with Gasteiger partial charge in [0, 0.05) is 17.3 Å². The van der Waals surface area contributed by atoms with Crippen LogP contribution >= 0.6 is 11.6 Å². The zero-order valence-corrected chi connectivity index (χ0v) is 15.7. The van der Waals surface area contributed by atoms with Gasteiger partial charge in [-0.05, 0) is 42.0 Å². The number of amides is 2. The Morgan fingerprint density at radius 3 is 2.59 bits per heavy atom. The van der Waals surface area contributed by atoms with Crippen molar-refractivity contribution in [3.05, 3.63) is 59.1 Å². The van der Waals surface area contributed by atoms with Crippen LogP contribution < -0.4 is 15.0 Å². The second-order valence-corrected chi connectivity index (χ2v) is 6.68. The van der Waals surface area contributed by atoms with Crippen LogP contribution in [0.1, 0.15) is 5.56 Å². The molecule has 27 heavy (non-hydrogen) atoms. The number of rotatable bonds is 6. The molecule has 1 fully saturated rings. The third-order valence-corrected chi connectivity index (χ3v) is 4.57. The Morgan fingerprint density at radius 2 is 1.93 bits per heavy atom. The molecule has 2 amide bonds. The molecule has 0 radical (unpaired) electrons. The van der Waals surface area contributed by atoms with Crippen molar-refractivity contribution in [2.45, 2.75) is 12.5 Å². The molecule has 0 aliphatic carbocycles. The molecule has 3 rings (SSSR count). The highest BCUT2D eigenvalue weighted by Crippen LogP contribution is 2.21. The highest BCUT2D eigenvalue weighted by molar-refractivity contribution is 6.30. The van der Waals surface area contributed by atoms with Crippen LogP contribution in [0.3, 0.4) is 0 Å². The van der Waals surface area contributed by atoms with Gasteiger partial charge in [-0.15, -0.1) is 0 Å². The molecule has 0 spiro atoms. The summed E-state index contributed by atoms with van der Waals surface area (Å²) in [5.41, 5.74) is 1.66. The number of nitrogens with zero attached hydrogens (tertiary/aromatic N) is 1. The van der Waals surface area contributed by atoms with Gasteiger partial charge in [0.1, 0.15) is 12.4 Å². The first-order valence-corrected chi connectivity index (χ1v) is 9.00. The number of morpholine rings is 1. The average molecular weight is 389 g/mol. The Labute approximate surface area is 163 Å². The number of ether oxygens (including phenoxy) is 2. The van der Waals surface area contributed by atoms with Gasteiger partial charge in [-0.3, -0.25) is 9.59 Å². The molecule has 7 heteroatoms. The molecule has 2 aromatic rings. The van der Waals surface area contributed by atoms with Crippen LogP contribution in [0.5, 0.6) is 5.75 Å². The van der Waals surface area contributed by atoms with E-state index in [1.165, 1.54) is 0 Å². The van der Waals surface area contributed by atoms with Gasteiger partial charge in [0.05, 0.1) is 26.2 Å². The number of benzene rings is 2. The molecular weight excluding hydrogens is 368 g/mol. The number of hydrogen-bond acceptors (Lipinski definition) is 4. The predicted molar refractivity (Wildman–Crippen MR) is 103 cm³/mol. The van der Waals surface area contributed by atoms with Crippen LogP contribution in [0.25, 0.3) is 0 Å². The highest BCUT2D eigenvalue weighted by Gasteiger charge is 2.27. The molecule has 0 aromatic heterocycles. The zero-order valence-electron chi connectivity index (χ0n) is 15.0. The van der Waals surface area contributed by atoms with E-state index < -0.39 is 0 Å². The fourth-order valence-electron chi connectivity index (χ4n) is 2.84.